The molecule has 0 aliphatic carbocycles. The Kier molecular flexibility index (Phi) is 3.43. The molecule has 4 nitrogen and oxygen atoms in total. The Hall–Kier alpha value is -1.93. The Morgan fingerprint density at radius 3 is 3.11 bits per heavy atom. The van der Waals surface area contributed by atoms with E-state index in [2.05, 4.69) is 20.8 Å². The molecule has 2 aromatic heterocycles. The van der Waals surface area contributed by atoms with Crippen molar-refractivity contribution in [1.29, 1.82) is 5.26 Å². The summed E-state index contributed by atoms with van der Waals surface area (Å²) in [5, 5.41) is 19.8. The van der Waals surface area contributed by atoms with Gasteiger partial charge >= 0.3 is 0 Å². The first-order valence-electron chi connectivity index (χ1n) is 6.46. The maximum absolute atomic E-state index is 9.37. The summed E-state index contributed by atoms with van der Waals surface area (Å²) in [5.74, 6) is 1.73. The van der Waals surface area contributed by atoms with Crippen molar-refractivity contribution in [3.05, 3.63) is 34.0 Å². The summed E-state index contributed by atoms with van der Waals surface area (Å²) in [4.78, 5) is 1.07. The van der Waals surface area contributed by atoms with Crippen LogP contribution >= 0.6 is 11.3 Å². The maximum atomic E-state index is 9.37. The zero-order valence-electron chi connectivity index (χ0n) is 10.5. The molecule has 0 N–H and O–H groups in total. The van der Waals surface area contributed by atoms with Crippen molar-refractivity contribution in [2.75, 3.05) is 0 Å². The average Bonchev–Trinajstić information content (AvgIpc) is 3.01. The standard InChI is InChI=1S/C14H14N4S/c15-10-11(9-12-5-4-8-19-12)14-17-16-13-6-2-1-3-7-18(13)14/h4-5,8-9H,1-3,6-7H2/b11-9+. The quantitative estimate of drug-likeness (QED) is 0.788. The molecule has 0 atom stereocenters. The van der Waals surface area contributed by atoms with Crippen molar-refractivity contribution in [1.82, 2.24) is 14.8 Å². The summed E-state index contributed by atoms with van der Waals surface area (Å²) >= 11 is 1.62. The van der Waals surface area contributed by atoms with Crippen molar-refractivity contribution >= 4 is 23.0 Å². The highest BCUT2D eigenvalue weighted by atomic mass is 32.1. The van der Waals surface area contributed by atoms with E-state index in [4.69, 9.17) is 0 Å². The number of thiophene rings is 1. The normalized spacial score (nSPS) is 15.6. The third kappa shape index (κ3) is 2.45. The second kappa shape index (κ2) is 5.37. The fraction of sp³-hybridized carbons (Fsp3) is 0.357. The molecule has 5 heteroatoms. The fourth-order valence-corrected chi connectivity index (χ4v) is 3.00. The van der Waals surface area contributed by atoms with Gasteiger partial charge in [0.1, 0.15) is 11.9 Å². The second-order valence-electron chi connectivity index (χ2n) is 4.59. The Bertz CT molecular complexity index is 631. The van der Waals surface area contributed by atoms with Crippen LogP contribution in [0.3, 0.4) is 0 Å². The van der Waals surface area contributed by atoms with Crippen LogP contribution in [0.15, 0.2) is 17.5 Å². The number of nitrogens with zero attached hydrogens (tertiary/aromatic N) is 4. The SMILES string of the molecule is N#C/C(=C\c1cccs1)c1nnc2n1CCCCC2. The zero-order valence-corrected chi connectivity index (χ0v) is 11.4. The van der Waals surface area contributed by atoms with E-state index >= 15 is 0 Å². The van der Waals surface area contributed by atoms with Crippen LogP contribution in [0.25, 0.3) is 11.6 Å². The number of fused-ring (bicyclic) bond motifs is 1. The van der Waals surface area contributed by atoms with Gasteiger partial charge in [-0.3, -0.25) is 0 Å². The van der Waals surface area contributed by atoms with Gasteiger partial charge in [-0.2, -0.15) is 5.26 Å². The third-order valence-electron chi connectivity index (χ3n) is 3.30. The summed E-state index contributed by atoms with van der Waals surface area (Å²) in [6.45, 7) is 0.918. The second-order valence-corrected chi connectivity index (χ2v) is 5.57. The van der Waals surface area contributed by atoms with Gasteiger partial charge in [0, 0.05) is 17.8 Å². The van der Waals surface area contributed by atoms with Gasteiger partial charge in [0.2, 0.25) is 0 Å². The number of aromatic nitrogens is 3. The van der Waals surface area contributed by atoms with E-state index in [0.717, 1.165) is 36.5 Å². The highest BCUT2D eigenvalue weighted by molar-refractivity contribution is 7.10. The molecular formula is C14H14N4S. The van der Waals surface area contributed by atoms with Crippen LogP contribution in [0.1, 0.15) is 35.8 Å². The molecule has 0 saturated heterocycles. The van der Waals surface area contributed by atoms with Gasteiger partial charge in [-0.1, -0.05) is 12.5 Å². The van der Waals surface area contributed by atoms with Gasteiger partial charge in [0.15, 0.2) is 5.82 Å². The fourth-order valence-electron chi connectivity index (χ4n) is 2.35. The number of aryl methyl sites for hydroxylation is 1. The summed E-state index contributed by atoms with van der Waals surface area (Å²) in [6, 6.07) is 6.24. The Balaban J connectivity index is 2.01. The van der Waals surface area contributed by atoms with Crippen LogP contribution in [-0.2, 0) is 13.0 Å². The lowest BCUT2D eigenvalue weighted by Gasteiger charge is -2.05. The molecule has 0 radical (unpaired) electrons. The monoisotopic (exact) mass is 270 g/mol. The molecule has 1 aliphatic rings. The maximum Gasteiger partial charge on any atom is 0.174 e. The van der Waals surface area contributed by atoms with E-state index in [1.165, 1.54) is 6.42 Å². The van der Waals surface area contributed by atoms with Crippen LogP contribution in [0.5, 0.6) is 0 Å². The first-order chi connectivity index (χ1) is 9.38. The molecule has 1 aliphatic heterocycles. The predicted octanol–water partition coefficient (Wildman–Crippen LogP) is 3.13. The Morgan fingerprint density at radius 2 is 2.32 bits per heavy atom. The van der Waals surface area contributed by atoms with Crippen LogP contribution in [0.4, 0.5) is 0 Å². The lowest BCUT2D eigenvalue weighted by molar-refractivity contribution is 0.627. The molecular weight excluding hydrogens is 256 g/mol. The van der Waals surface area contributed by atoms with E-state index in [1.54, 1.807) is 11.3 Å². The van der Waals surface area contributed by atoms with Gasteiger partial charge in [0.05, 0.1) is 5.57 Å². The van der Waals surface area contributed by atoms with Crippen molar-refractivity contribution in [3.63, 3.8) is 0 Å². The minimum atomic E-state index is 0.600. The van der Waals surface area contributed by atoms with Crippen LogP contribution in [0, 0.1) is 11.3 Å². The lowest BCUT2D eigenvalue weighted by Crippen LogP contribution is -2.05. The zero-order chi connectivity index (χ0) is 13.1. The largest absolute Gasteiger partial charge is 0.310 e. The highest BCUT2D eigenvalue weighted by Gasteiger charge is 2.17. The number of rotatable bonds is 2. The Labute approximate surface area is 116 Å². The molecule has 96 valence electrons. The predicted molar refractivity (Wildman–Crippen MR) is 75.4 cm³/mol. The van der Waals surface area contributed by atoms with Crippen molar-refractivity contribution < 1.29 is 0 Å². The van der Waals surface area contributed by atoms with E-state index in [-0.39, 0.29) is 0 Å². The van der Waals surface area contributed by atoms with Gasteiger partial charge < -0.3 is 4.57 Å². The van der Waals surface area contributed by atoms with E-state index in [9.17, 15) is 5.26 Å². The van der Waals surface area contributed by atoms with Gasteiger partial charge in [-0.15, -0.1) is 21.5 Å². The van der Waals surface area contributed by atoms with Crippen molar-refractivity contribution in [3.8, 4) is 6.07 Å². The molecule has 0 spiro atoms. The van der Waals surface area contributed by atoms with E-state index in [0.29, 0.717) is 11.4 Å². The van der Waals surface area contributed by atoms with Crippen LogP contribution < -0.4 is 0 Å². The van der Waals surface area contributed by atoms with Gasteiger partial charge in [0.25, 0.3) is 0 Å². The molecule has 0 saturated carbocycles. The number of hydrogen-bond acceptors (Lipinski definition) is 4. The third-order valence-corrected chi connectivity index (χ3v) is 4.12. The van der Waals surface area contributed by atoms with Gasteiger partial charge in [-0.05, 0) is 30.4 Å². The smallest absolute Gasteiger partial charge is 0.174 e. The highest BCUT2D eigenvalue weighted by Crippen LogP contribution is 2.22. The molecule has 0 fully saturated rings. The summed E-state index contributed by atoms with van der Waals surface area (Å²) in [5.41, 5.74) is 0.600. The first-order valence-corrected chi connectivity index (χ1v) is 7.34. The minimum Gasteiger partial charge on any atom is -0.310 e. The number of hydrogen-bond donors (Lipinski definition) is 0. The molecule has 19 heavy (non-hydrogen) atoms. The van der Waals surface area contributed by atoms with Crippen LogP contribution in [0.2, 0.25) is 0 Å². The molecule has 0 amide bonds. The van der Waals surface area contributed by atoms with Crippen LogP contribution in [-0.4, -0.2) is 14.8 Å². The summed E-state index contributed by atoms with van der Waals surface area (Å²) in [7, 11) is 0. The molecule has 2 aromatic rings. The van der Waals surface area contributed by atoms with Crippen molar-refractivity contribution in [2.24, 2.45) is 0 Å². The van der Waals surface area contributed by atoms with Gasteiger partial charge in [-0.25, -0.2) is 0 Å². The van der Waals surface area contributed by atoms with Crippen molar-refractivity contribution in [2.45, 2.75) is 32.2 Å². The topological polar surface area (TPSA) is 54.5 Å². The molecule has 0 bridgehead atoms. The first kappa shape index (κ1) is 12.1. The Morgan fingerprint density at radius 1 is 1.37 bits per heavy atom. The number of allylic oxidation sites excluding steroid dienone is 1. The molecule has 0 unspecified atom stereocenters. The molecule has 3 rings (SSSR count). The van der Waals surface area contributed by atoms with E-state index in [1.807, 2.05) is 23.6 Å². The molecule has 0 aromatic carbocycles. The lowest BCUT2D eigenvalue weighted by atomic mass is 10.2. The summed E-state index contributed by atoms with van der Waals surface area (Å²) < 4.78 is 2.11. The van der Waals surface area contributed by atoms with E-state index < -0.39 is 0 Å². The minimum absolute atomic E-state index is 0.600. The number of nitriles is 1. The molecule has 3 heterocycles. The average molecular weight is 270 g/mol. The summed E-state index contributed by atoms with van der Waals surface area (Å²) in [6.07, 6.45) is 6.38.